The first-order valence-electron chi connectivity index (χ1n) is 4.37. The largest absolute Gasteiger partial charge is 0.265 e. The van der Waals surface area contributed by atoms with Crippen molar-refractivity contribution in [3.05, 3.63) is 36.0 Å². The first-order valence-corrected chi connectivity index (χ1v) is 6.19. The normalized spacial score (nSPS) is 21.8. The van der Waals surface area contributed by atoms with Gasteiger partial charge in [0.2, 0.25) is 0 Å². The van der Waals surface area contributed by atoms with Crippen LogP contribution in [0.1, 0.15) is 0 Å². The van der Waals surface area contributed by atoms with E-state index in [-0.39, 0.29) is 6.61 Å². The molecule has 0 spiro atoms. The highest BCUT2D eigenvalue weighted by atomic mass is 32.2. The lowest BCUT2D eigenvalue weighted by molar-refractivity contribution is 0.355. The molecule has 0 saturated carbocycles. The Morgan fingerprint density at radius 2 is 2.21 bits per heavy atom. The molecule has 0 saturated heterocycles. The molecule has 0 aromatic heterocycles. The average Bonchev–Trinajstić information content (AvgIpc) is 2.25. The predicted octanol–water partition coefficient (Wildman–Crippen LogP) is 0.437. The van der Waals surface area contributed by atoms with Crippen molar-refractivity contribution in [2.45, 2.75) is 5.82 Å². The minimum absolute atomic E-state index is 0.104. The SMILES string of the molecule is BC1C=CC=C(COS(C)(=O)=O)C=C1. The number of allylic oxidation sites excluding steroid dienone is 4. The number of hydrogen-bond donors (Lipinski definition) is 0. The Hall–Kier alpha value is -0.805. The van der Waals surface area contributed by atoms with Gasteiger partial charge in [0.15, 0.2) is 0 Å². The highest BCUT2D eigenvalue weighted by molar-refractivity contribution is 7.85. The summed E-state index contributed by atoms with van der Waals surface area (Å²) in [6.07, 6.45) is 10.7. The maximum absolute atomic E-state index is 10.7. The van der Waals surface area contributed by atoms with Crippen LogP contribution in [0.3, 0.4) is 0 Å². The molecule has 0 aromatic carbocycles. The summed E-state index contributed by atoms with van der Waals surface area (Å²) in [6, 6.07) is 0. The van der Waals surface area contributed by atoms with Crippen molar-refractivity contribution in [3.8, 4) is 0 Å². The van der Waals surface area contributed by atoms with E-state index >= 15 is 0 Å². The van der Waals surface area contributed by atoms with Gasteiger partial charge in [0.05, 0.1) is 12.9 Å². The third-order valence-corrected chi connectivity index (χ3v) is 2.32. The molecule has 3 nitrogen and oxygen atoms in total. The summed E-state index contributed by atoms with van der Waals surface area (Å²) < 4.78 is 26.1. The van der Waals surface area contributed by atoms with E-state index in [0.29, 0.717) is 5.82 Å². The summed E-state index contributed by atoms with van der Waals surface area (Å²) in [7, 11) is -1.29. The van der Waals surface area contributed by atoms with Crippen LogP contribution >= 0.6 is 0 Å². The molecular weight excluding hydrogens is 199 g/mol. The second-order valence-electron chi connectivity index (χ2n) is 3.31. The fourth-order valence-electron chi connectivity index (χ4n) is 1.02. The smallest absolute Gasteiger partial charge is 0.264 e. The molecule has 1 atom stereocenters. The molecule has 1 rings (SSSR count). The van der Waals surface area contributed by atoms with E-state index in [4.69, 9.17) is 0 Å². The van der Waals surface area contributed by atoms with Crippen molar-refractivity contribution >= 4 is 18.0 Å². The summed E-state index contributed by atoms with van der Waals surface area (Å²) in [6.45, 7) is 0.104. The molecule has 0 aliphatic heterocycles. The fourth-order valence-corrected chi connectivity index (χ4v) is 1.37. The highest BCUT2D eigenvalue weighted by Crippen LogP contribution is 2.12. The van der Waals surface area contributed by atoms with Crippen molar-refractivity contribution in [3.63, 3.8) is 0 Å². The first-order chi connectivity index (χ1) is 6.47. The average molecular weight is 212 g/mol. The van der Waals surface area contributed by atoms with Crippen molar-refractivity contribution < 1.29 is 12.6 Å². The van der Waals surface area contributed by atoms with Crippen molar-refractivity contribution in [1.29, 1.82) is 0 Å². The van der Waals surface area contributed by atoms with Gasteiger partial charge in [-0.25, -0.2) is 0 Å². The topological polar surface area (TPSA) is 43.4 Å². The molecule has 0 heterocycles. The Kier molecular flexibility index (Phi) is 3.72. The Bertz CT molecular complexity index is 379. The van der Waals surface area contributed by atoms with Crippen molar-refractivity contribution in [2.24, 2.45) is 0 Å². The summed E-state index contributed by atoms with van der Waals surface area (Å²) >= 11 is 0. The summed E-state index contributed by atoms with van der Waals surface area (Å²) in [5.74, 6) is 0.377. The predicted molar refractivity (Wildman–Crippen MR) is 59.5 cm³/mol. The van der Waals surface area contributed by atoms with Crippen LogP contribution in [0.2, 0.25) is 5.82 Å². The highest BCUT2D eigenvalue weighted by Gasteiger charge is 2.03. The second-order valence-corrected chi connectivity index (χ2v) is 4.95. The van der Waals surface area contributed by atoms with Crippen LogP contribution in [0.15, 0.2) is 36.0 Å². The van der Waals surface area contributed by atoms with Gasteiger partial charge < -0.3 is 0 Å². The minimum atomic E-state index is -3.35. The molecule has 0 N–H and O–H groups in total. The van der Waals surface area contributed by atoms with Gasteiger partial charge in [0.1, 0.15) is 7.85 Å². The quantitative estimate of drug-likeness (QED) is 0.503. The number of hydrogen-bond acceptors (Lipinski definition) is 3. The molecule has 1 aliphatic carbocycles. The van der Waals surface area contributed by atoms with Crippen LogP contribution < -0.4 is 0 Å². The lowest BCUT2D eigenvalue weighted by Gasteiger charge is -2.00. The third kappa shape index (κ3) is 4.44. The van der Waals surface area contributed by atoms with Gasteiger partial charge in [-0.15, -0.1) is 0 Å². The third-order valence-electron chi connectivity index (χ3n) is 1.78. The summed E-state index contributed by atoms with van der Waals surface area (Å²) in [5, 5.41) is 0. The molecule has 0 amide bonds. The van der Waals surface area contributed by atoms with Crippen LogP contribution in [0.25, 0.3) is 0 Å². The van der Waals surface area contributed by atoms with E-state index in [1.54, 1.807) is 0 Å². The molecule has 0 fully saturated rings. The van der Waals surface area contributed by atoms with Gasteiger partial charge in [-0.3, -0.25) is 4.18 Å². The van der Waals surface area contributed by atoms with Crippen LogP contribution in [0.4, 0.5) is 0 Å². The zero-order valence-electron chi connectivity index (χ0n) is 8.30. The molecule has 0 aromatic rings. The molecule has 1 unspecified atom stereocenters. The van der Waals surface area contributed by atoms with Gasteiger partial charge in [-0.05, 0) is 11.4 Å². The molecule has 0 bridgehead atoms. The van der Waals surface area contributed by atoms with Crippen molar-refractivity contribution in [2.75, 3.05) is 12.9 Å². The Morgan fingerprint density at radius 1 is 1.50 bits per heavy atom. The molecule has 1 aliphatic rings. The lowest BCUT2D eigenvalue weighted by atomic mass is 9.87. The second kappa shape index (κ2) is 4.62. The van der Waals surface area contributed by atoms with Gasteiger partial charge in [0.25, 0.3) is 10.1 Å². The van der Waals surface area contributed by atoms with Gasteiger partial charge >= 0.3 is 0 Å². The summed E-state index contributed by atoms with van der Waals surface area (Å²) in [5.41, 5.74) is 0.857. The van der Waals surface area contributed by atoms with E-state index in [1.807, 2.05) is 30.4 Å². The maximum atomic E-state index is 10.7. The first kappa shape index (κ1) is 11.3. The molecule has 14 heavy (non-hydrogen) atoms. The fraction of sp³-hybridized carbons (Fsp3) is 0.333. The Morgan fingerprint density at radius 3 is 2.86 bits per heavy atom. The van der Waals surface area contributed by atoms with Crippen LogP contribution in [0, 0.1) is 0 Å². The van der Waals surface area contributed by atoms with E-state index in [1.165, 1.54) is 0 Å². The maximum Gasteiger partial charge on any atom is 0.264 e. The monoisotopic (exact) mass is 212 g/mol. The molecule has 5 heteroatoms. The molecule has 0 radical (unpaired) electrons. The van der Waals surface area contributed by atoms with E-state index in [2.05, 4.69) is 12.0 Å². The van der Waals surface area contributed by atoms with Crippen molar-refractivity contribution in [1.82, 2.24) is 0 Å². The van der Waals surface area contributed by atoms with Gasteiger partial charge in [-0.1, -0.05) is 30.4 Å². The standard InChI is InChI=1S/C9H13BO3S/c1-14(11,12)13-7-8-3-2-4-9(10)6-5-8/h2-6,9H,7,10H2,1H3. The van der Waals surface area contributed by atoms with Crippen LogP contribution in [-0.2, 0) is 14.3 Å². The minimum Gasteiger partial charge on any atom is -0.265 e. The van der Waals surface area contributed by atoms with Crippen LogP contribution in [0.5, 0.6) is 0 Å². The number of rotatable bonds is 3. The summed E-state index contributed by atoms with van der Waals surface area (Å²) in [4.78, 5) is 0. The zero-order chi connectivity index (χ0) is 10.6. The van der Waals surface area contributed by atoms with E-state index in [0.717, 1.165) is 11.8 Å². The van der Waals surface area contributed by atoms with Gasteiger partial charge in [0, 0.05) is 0 Å². The Labute approximate surface area is 85.7 Å². The van der Waals surface area contributed by atoms with Crippen LogP contribution in [-0.4, -0.2) is 29.1 Å². The van der Waals surface area contributed by atoms with E-state index in [9.17, 15) is 8.42 Å². The van der Waals surface area contributed by atoms with Gasteiger partial charge in [-0.2, -0.15) is 8.42 Å². The zero-order valence-corrected chi connectivity index (χ0v) is 9.12. The van der Waals surface area contributed by atoms with E-state index < -0.39 is 10.1 Å². The Balaban J connectivity index is 2.59. The lowest BCUT2D eigenvalue weighted by Crippen LogP contribution is -2.05. The molecule has 76 valence electrons. The molecular formula is C9H13BO3S.